The first-order valence-corrected chi connectivity index (χ1v) is 9.97. The van der Waals surface area contributed by atoms with Crippen molar-refractivity contribution < 1.29 is 9.32 Å². The fraction of sp³-hybridized carbons (Fsp3) is 0.250. The second-order valence-electron chi connectivity index (χ2n) is 6.51. The summed E-state index contributed by atoms with van der Waals surface area (Å²) < 4.78 is 5.39. The summed E-state index contributed by atoms with van der Waals surface area (Å²) in [6, 6.07) is 9.26. The first kappa shape index (κ1) is 17.9. The number of hydrogen-bond acceptors (Lipinski definition) is 5. The van der Waals surface area contributed by atoms with Gasteiger partial charge in [0.05, 0.1) is 10.6 Å². The summed E-state index contributed by atoms with van der Waals surface area (Å²) in [4.78, 5) is 18.6. The molecule has 7 heteroatoms. The van der Waals surface area contributed by atoms with E-state index in [-0.39, 0.29) is 5.91 Å². The number of anilines is 1. The number of thiophene rings is 1. The number of aryl methyl sites for hydroxylation is 1. The normalized spacial score (nSPS) is 14.4. The molecule has 0 spiro atoms. The molecule has 138 valence electrons. The maximum absolute atomic E-state index is 12.2. The van der Waals surface area contributed by atoms with Crippen LogP contribution in [-0.2, 0) is 4.79 Å². The van der Waals surface area contributed by atoms with Crippen molar-refractivity contribution >= 4 is 40.6 Å². The maximum atomic E-state index is 12.2. The van der Waals surface area contributed by atoms with Crippen LogP contribution in [0.5, 0.6) is 0 Å². The number of hydrogen-bond donors (Lipinski definition) is 1. The Bertz CT molecular complexity index is 1000. The van der Waals surface area contributed by atoms with E-state index < -0.39 is 0 Å². The van der Waals surface area contributed by atoms with Crippen LogP contribution in [0.2, 0.25) is 5.02 Å². The molecule has 2 heterocycles. The second kappa shape index (κ2) is 7.66. The number of aromatic nitrogens is 2. The third kappa shape index (κ3) is 3.96. The van der Waals surface area contributed by atoms with Gasteiger partial charge in [-0.2, -0.15) is 4.98 Å². The molecule has 1 fully saturated rings. The molecular formula is C20H18ClN3O2S. The number of carbonyl (C=O) groups is 1. The Morgan fingerprint density at radius 2 is 2.19 bits per heavy atom. The van der Waals surface area contributed by atoms with E-state index in [1.54, 1.807) is 12.1 Å². The van der Waals surface area contributed by atoms with E-state index in [9.17, 15) is 4.79 Å². The molecule has 27 heavy (non-hydrogen) atoms. The summed E-state index contributed by atoms with van der Waals surface area (Å²) in [6.07, 6.45) is 6.62. The summed E-state index contributed by atoms with van der Waals surface area (Å²) >= 11 is 7.63. The minimum absolute atomic E-state index is 0.217. The Morgan fingerprint density at radius 1 is 1.37 bits per heavy atom. The van der Waals surface area contributed by atoms with Gasteiger partial charge < -0.3 is 9.84 Å². The molecule has 0 aliphatic heterocycles. The molecule has 3 aromatic rings. The first-order valence-electron chi connectivity index (χ1n) is 8.78. The Labute approximate surface area is 166 Å². The molecule has 1 aliphatic carbocycles. The third-order valence-corrected chi connectivity index (χ3v) is 6.00. The van der Waals surface area contributed by atoms with Crippen molar-refractivity contribution in [1.82, 2.24) is 10.1 Å². The molecule has 4 rings (SSSR count). The molecule has 0 radical (unpaired) electrons. The highest BCUT2D eigenvalue weighted by Crippen LogP contribution is 2.38. The van der Waals surface area contributed by atoms with Gasteiger partial charge in [-0.25, -0.2) is 0 Å². The zero-order chi connectivity index (χ0) is 18.8. The maximum Gasteiger partial charge on any atom is 0.248 e. The van der Waals surface area contributed by atoms with Crippen LogP contribution in [0.1, 0.15) is 41.5 Å². The highest BCUT2D eigenvalue weighted by Gasteiger charge is 2.26. The number of amides is 1. The fourth-order valence-corrected chi connectivity index (χ4v) is 3.92. The van der Waals surface area contributed by atoms with E-state index in [0.29, 0.717) is 16.8 Å². The van der Waals surface area contributed by atoms with E-state index in [2.05, 4.69) is 15.5 Å². The molecule has 5 nitrogen and oxygen atoms in total. The molecule has 0 unspecified atom stereocenters. The van der Waals surface area contributed by atoms with E-state index >= 15 is 0 Å². The van der Waals surface area contributed by atoms with Crippen LogP contribution in [0, 0.1) is 6.92 Å². The average Bonchev–Trinajstić information content (AvgIpc) is 3.20. The lowest BCUT2D eigenvalue weighted by atomic mass is 9.85. The molecule has 0 atom stereocenters. The van der Waals surface area contributed by atoms with Gasteiger partial charge in [0.1, 0.15) is 0 Å². The lowest BCUT2D eigenvalue weighted by Gasteiger charge is -2.20. The molecule has 1 aromatic carbocycles. The van der Waals surface area contributed by atoms with E-state index in [1.165, 1.54) is 23.8 Å². The smallest absolute Gasteiger partial charge is 0.248 e. The quantitative estimate of drug-likeness (QED) is 0.560. The van der Waals surface area contributed by atoms with Crippen LogP contribution in [0.15, 0.2) is 40.9 Å². The summed E-state index contributed by atoms with van der Waals surface area (Å²) in [5, 5.41) is 7.60. The van der Waals surface area contributed by atoms with Crippen LogP contribution in [0.4, 0.5) is 5.69 Å². The number of rotatable bonds is 5. The van der Waals surface area contributed by atoms with Gasteiger partial charge in [0.15, 0.2) is 0 Å². The van der Waals surface area contributed by atoms with Gasteiger partial charge in [0.25, 0.3) is 0 Å². The molecule has 1 amide bonds. The van der Waals surface area contributed by atoms with Gasteiger partial charge in [-0.05, 0) is 43.5 Å². The molecule has 1 aliphatic rings. The van der Waals surface area contributed by atoms with Crippen LogP contribution in [-0.4, -0.2) is 16.0 Å². The number of benzene rings is 1. The minimum atomic E-state index is -0.217. The van der Waals surface area contributed by atoms with Gasteiger partial charge in [0.2, 0.25) is 17.6 Å². The van der Waals surface area contributed by atoms with Crippen molar-refractivity contribution in [3.8, 4) is 10.7 Å². The van der Waals surface area contributed by atoms with Crippen molar-refractivity contribution in [2.24, 2.45) is 0 Å². The molecule has 1 N–H and O–H groups in total. The van der Waals surface area contributed by atoms with Crippen molar-refractivity contribution in [2.45, 2.75) is 32.1 Å². The Morgan fingerprint density at radius 3 is 2.93 bits per heavy atom. The highest BCUT2D eigenvalue weighted by atomic mass is 35.5. The average molecular weight is 400 g/mol. The fourth-order valence-electron chi connectivity index (χ4n) is 2.82. The summed E-state index contributed by atoms with van der Waals surface area (Å²) in [6.45, 7) is 1.95. The third-order valence-electron chi connectivity index (χ3n) is 4.61. The minimum Gasteiger partial charge on any atom is -0.339 e. The van der Waals surface area contributed by atoms with Gasteiger partial charge in [-0.15, -0.1) is 11.3 Å². The topological polar surface area (TPSA) is 68.0 Å². The monoisotopic (exact) mass is 399 g/mol. The Kier molecular flexibility index (Phi) is 5.09. The van der Waals surface area contributed by atoms with E-state index in [1.807, 2.05) is 31.2 Å². The van der Waals surface area contributed by atoms with E-state index in [4.69, 9.17) is 16.1 Å². The predicted molar refractivity (Wildman–Crippen MR) is 108 cm³/mol. The largest absolute Gasteiger partial charge is 0.339 e. The second-order valence-corrected chi connectivity index (χ2v) is 8.17. The molecular weight excluding hydrogens is 382 g/mol. The standard InChI is InChI=1S/C20H18ClN3O2S/c1-12-16(22-18(25)10-9-13-5-2-3-8-15(13)21)11-17(27-12)19-23-20(26-24-19)14-6-4-7-14/h2-3,5,8-11,14H,4,6-7H2,1H3,(H,22,25)/b10-9+. The van der Waals surface area contributed by atoms with Gasteiger partial charge in [0, 0.05) is 21.9 Å². The van der Waals surface area contributed by atoms with Gasteiger partial charge in [-0.3, -0.25) is 4.79 Å². The van der Waals surface area contributed by atoms with Crippen LogP contribution >= 0.6 is 22.9 Å². The molecule has 0 bridgehead atoms. The SMILES string of the molecule is Cc1sc(-c2noc(C3CCC3)n2)cc1NC(=O)/C=C/c1ccccc1Cl. The summed E-state index contributed by atoms with van der Waals surface area (Å²) in [5.74, 6) is 1.49. The molecule has 0 saturated heterocycles. The molecule has 2 aromatic heterocycles. The van der Waals surface area contributed by atoms with Crippen molar-refractivity contribution in [1.29, 1.82) is 0 Å². The number of halogens is 1. The number of carbonyl (C=O) groups excluding carboxylic acids is 1. The van der Waals surface area contributed by atoms with Crippen LogP contribution in [0.3, 0.4) is 0 Å². The zero-order valence-corrected chi connectivity index (χ0v) is 16.3. The zero-order valence-electron chi connectivity index (χ0n) is 14.7. The summed E-state index contributed by atoms with van der Waals surface area (Å²) in [5.41, 5.74) is 1.55. The van der Waals surface area contributed by atoms with Crippen molar-refractivity contribution in [3.63, 3.8) is 0 Å². The number of nitrogens with one attached hydrogen (secondary N) is 1. The lowest BCUT2D eigenvalue weighted by Crippen LogP contribution is -2.08. The predicted octanol–water partition coefficient (Wildman–Crippen LogP) is 5.68. The van der Waals surface area contributed by atoms with E-state index in [0.717, 1.165) is 39.7 Å². The van der Waals surface area contributed by atoms with Gasteiger partial charge >= 0.3 is 0 Å². The first-order chi connectivity index (χ1) is 13.1. The number of nitrogens with zero attached hydrogens (tertiary/aromatic N) is 2. The Balaban J connectivity index is 1.46. The van der Waals surface area contributed by atoms with Gasteiger partial charge in [-0.1, -0.05) is 41.4 Å². The highest BCUT2D eigenvalue weighted by molar-refractivity contribution is 7.16. The van der Waals surface area contributed by atoms with Crippen molar-refractivity contribution in [3.05, 3.63) is 57.8 Å². The van der Waals surface area contributed by atoms with Crippen molar-refractivity contribution in [2.75, 3.05) is 5.32 Å². The molecule has 1 saturated carbocycles. The summed E-state index contributed by atoms with van der Waals surface area (Å²) in [7, 11) is 0. The Hall–Kier alpha value is -2.44. The van der Waals surface area contributed by atoms with Crippen LogP contribution in [0.25, 0.3) is 16.8 Å². The van der Waals surface area contributed by atoms with Crippen LogP contribution < -0.4 is 5.32 Å². The lowest BCUT2D eigenvalue weighted by molar-refractivity contribution is -0.111.